The number of fused-ring (bicyclic) bond motifs is 2. The van der Waals surface area contributed by atoms with Gasteiger partial charge in [0.2, 0.25) is 5.91 Å². The van der Waals surface area contributed by atoms with Crippen LogP contribution in [0.4, 0.5) is 0 Å². The third kappa shape index (κ3) is 2.95. The number of carbonyl (C=O) groups is 1. The van der Waals surface area contributed by atoms with Crippen LogP contribution in [-0.2, 0) is 9.53 Å². The monoisotopic (exact) mass is 370 g/mol. The highest BCUT2D eigenvalue weighted by Crippen LogP contribution is 2.47. The lowest BCUT2D eigenvalue weighted by Gasteiger charge is -2.51. The quantitative estimate of drug-likeness (QED) is 0.820. The molecule has 0 saturated carbocycles. The van der Waals surface area contributed by atoms with E-state index >= 15 is 0 Å². The SMILES string of the molecule is COc1ccc([C@@H]2CN(C(=O)C3CCOCC3)[C@@H]3C4CCN(CC4)[C@@H]32)cc1. The Kier molecular flexibility index (Phi) is 4.60. The number of amides is 1. The first-order valence-corrected chi connectivity index (χ1v) is 10.5. The van der Waals surface area contributed by atoms with Gasteiger partial charge >= 0.3 is 0 Å². The van der Waals surface area contributed by atoms with Crippen molar-refractivity contribution >= 4 is 5.91 Å². The van der Waals surface area contributed by atoms with E-state index in [-0.39, 0.29) is 5.92 Å². The van der Waals surface area contributed by atoms with E-state index in [0.717, 1.165) is 38.3 Å². The van der Waals surface area contributed by atoms with E-state index in [2.05, 4.69) is 34.1 Å². The lowest BCUT2D eigenvalue weighted by Crippen LogP contribution is -2.61. The molecule has 1 aromatic carbocycles. The number of carbonyl (C=O) groups excluding carboxylic acids is 1. The maximum absolute atomic E-state index is 13.4. The summed E-state index contributed by atoms with van der Waals surface area (Å²) >= 11 is 0. The van der Waals surface area contributed by atoms with E-state index in [1.165, 1.54) is 31.5 Å². The molecule has 0 aromatic heterocycles. The van der Waals surface area contributed by atoms with Crippen LogP contribution in [0.25, 0.3) is 0 Å². The van der Waals surface area contributed by atoms with Crippen molar-refractivity contribution in [3.63, 3.8) is 0 Å². The zero-order chi connectivity index (χ0) is 18.4. The molecule has 1 aromatic rings. The van der Waals surface area contributed by atoms with Crippen LogP contribution in [0.15, 0.2) is 24.3 Å². The Labute approximate surface area is 161 Å². The first kappa shape index (κ1) is 17.5. The molecule has 1 amide bonds. The Morgan fingerprint density at radius 2 is 1.74 bits per heavy atom. The number of likely N-dealkylation sites (tertiary alicyclic amines) is 1. The van der Waals surface area contributed by atoms with E-state index in [0.29, 0.717) is 29.8 Å². The highest BCUT2D eigenvalue weighted by atomic mass is 16.5. The van der Waals surface area contributed by atoms with Crippen molar-refractivity contribution in [1.82, 2.24) is 9.80 Å². The minimum Gasteiger partial charge on any atom is -0.497 e. The van der Waals surface area contributed by atoms with E-state index in [1.54, 1.807) is 7.11 Å². The summed E-state index contributed by atoms with van der Waals surface area (Å²) in [6.07, 6.45) is 4.25. The number of hydrogen-bond donors (Lipinski definition) is 0. The largest absolute Gasteiger partial charge is 0.497 e. The van der Waals surface area contributed by atoms with Crippen LogP contribution in [0.1, 0.15) is 37.2 Å². The second-order valence-electron chi connectivity index (χ2n) is 8.61. The fraction of sp³-hybridized carbons (Fsp3) is 0.682. The Hall–Kier alpha value is -1.59. The van der Waals surface area contributed by atoms with Gasteiger partial charge in [0.25, 0.3) is 0 Å². The minimum atomic E-state index is 0.157. The molecule has 5 saturated heterocycles. The molecule has 0 N–H and O–H groups in total. The summed E-state index contributed by atoms with van der Waals surface area (Å²) in [7, 11) is 1.71. The predicted octanol–water partition coefficient (Wildman–Crippen LogP) is 2.51. The summed E-state index contributed by atoms with van der Waals surface area (Å²) in [5, 5.41) is 0. The normalized spacial score (nSPS) is 35.9. The molecule has 5 aliphatic rings. The number of benzene rings is 1. The van der Waals surface area contributed by atoms with Crippen LogP contribution in [-0.4, -0.2) is 67.7 Å². The Morgan fingerprint density at radius 3 is 2.41 bits per heavy atom. The lowest BCUT2D eigenvalue weighted by molar-refractivity contribution is -0.143. The van der Waals surface area contributed by atoms with Crippen molar-refractivity contribution < 1.29 is 14.3 Å². The molecular weight excluding hydrogens is 340 g/mol. The molecule has 0 aliphatic carbocycles. The van der Waals surface area contributed by atoms with E-state index in [1.807, 2.05) is 0 Å². The lowest BCUT2D eigenvalue weighted by atomic mass is 9.75. The summed E-state index contributed by atoms with van der Waals surface area (Å²) < 4.78 is 10.8. The van der Waals surface area contributed by atoms with Crippen LogP contribution in [0.3, 0.4) is 0 Å². The van der Waals surface area contributed by atoms with Gasteiger partial charge in [0, 0.05) is 37.6 Å². The summed E-state index contributed by atoms with van der Waals surface area (Å²) in [6.45, 7) is 4.71. The molecule has 0 radical (unpaired) electrons. The number of methoxy groups -OCH3 is 1. The summed E-state index contributed by atoms with van der Waals surface area (Å²) in [5.74, 6) is 2.52. The van der Waals surface area contributed by atoms with E-state index in [9.17, 15) is 4.79 Å². The summed E-state index contributed by atoms with van der Waals surface area (Å²) in [5.41, 5.74) is 1.35. The van der Waals surface area contributed by atoms with Crippen molar-refractivity contribution in [1.29, 1.82) is 0 Å². The summed E-state index contributed by atoms with van der Waals surface area (Å²) in [4.78, 5) is 18.4. The second kappa shape index (κ2) is 7.10. The van der Waals surface area contributed by atoms with Gasteiger partial charge < -0.3 is 14.4 Å². The molecule has 27 heavy (non-hydrogen) atoms. The predicted molar refractivity (Wildman–Crippen MR) is 103 cm³/mol. The van der Waals surface area contributed by atoms with Crippen LogP contribution >= 0.6 is 0 Å². The average Bonchev–Trinajstić information content (AvgIpc) is 3.18. The van der Waals surface area contributed by atoms with E-state index < -0.39 is 0 Å². The number of piperidine rings is 3. The summed E-state index contributed by atoms with van der Waals surface area (Å²) in [6, 6.07) is 9.40. The fourth-order valence-electron chi connectivity index (χ4n) is 6.00. The highest BCUT2D eigenvalue weighted by molar-refractivity contribution is 5.80. The van der Waals surface area contributed by atoms with Gasteiger partial charge in [0.15, 0.2) is 0 Å². The van der Waals surface area contributed by atoms with E-state index in [4.69, 9.17) is 9.47 Å². The molecule has 6 rings (SSSR count). The zero-order valence-corrected chi connectivity index (χ0v) is 16.2. The molecule has 2 bridgehead atoms. The van der Waals surface area contributed by atoms with Gasteiger partial charge in [-0.15, -0.1) is 0 Å². The molecular formula is C22H30N2O3. The molecule has 0 spiro atoms. The molecule has 5 fully saturated rings. The molecule has 5 heteroatoms. The Bertz CT molecular complexity index is 677. The van der Waals surface area contributed by atoms with Crippen molar-refractivity contribution in [3.05, 3.63) is 29.8 Å². The topological polar surface area (TPSA) is 42.0 Å². The standard InChI is InChI=1S/C22H30N2O3/c1-26-18-4-2-15(3-5-18)19-14-24(22(25)17-8-12-27-13-9-17)20-16-6-10-23(11-7-16)21(19)20/h2-5,16-17,19-21H,6-14H2,1H3/t19-,20+,21+/m0/s1. The molecule has 5 heterocycles. The number of rotatable bonds is 3. The van der Waals surface area contributed by atoms with Gasteiger partial charge in [-0.05, 0) is 62.4 Å². The average molecular weight is 370 g/mol. The van der Waals surface area contributed by atoms with Gasteiger partial charge in [0.05, 0.1) is 13.2 Å². The maximum Gasteiger partial charge on any atom is 0.226 e. The van der Waals surface area contributed by atoms with Crippen molar-refractivity contribution in [2.24, 2.45) is 11.8 Å². The smallest absolute Gasteiger partial charge is 0.226 e. The third-order valence-corrected chi connectivity index (χ3v) is 7.39. The molecule has 5 nitrogen and oxygen atoms in total. The third-order valence-electron chi connectivity index (χ3n) is 7.39. The first-order valence-electron chi connectivity index (χ1n) is 10.5. The Balaban J connectivity index is 1.45. The highest BCUT2D eigenvalue weighted by Gasteiger charge is 2.55. The number of hydrogen-bond acceptors (Lipinski definition) is 4. The zero-order valence-electron chi connectivity index (χ0n) is 16.2. The number of ether oxygens (including phenoxy) is 2. The van der Waals surface area contributed by atoms with Crippen LogP contribution < -0.4 is 4.74 Å². The molecule has 0 unspecified atom stereocenters. The van der Waals surface area contributed by atoms with Crippen LogP contribution in [0.5, 0.6) is 5.75 Å². The first-order chi connectivity index (χ1) is 13.3. The molecule has 5 aliphatic heterocycles. The van der Waals surface area contributed by atoms with Gasteiger partial charge in [0.1, 0.15) is 5.75 Å². The fourth-order valence-corrected chi connectivity index (χ4v) is 6.00. The van der Waals surface area contributed by atoms with Gasteiger partial charge in [-0.2, -0.15) is 0 Å². The van der Waals surface area contributed by atoms with Gasteiger partial charge in [-0.3, -0.25) is 9.69 Å². The van der Waals surface area contributed by atoms with Gasteiger partial charge in [-0.25, -0.2) is 0 Å². The number of nitrogens with zero attached hydrogens (tertiary/aromatic N) is 2. The molecule has 3 atom stereocenters. The van der Waals surface area contributed by atoms with Crippen LogP contribution in [0.2, 0.25) is 0 Å². The second-order valence-corrected chi connectivity index (χ2v) is 8.61. The Morgan fingerprint density at radius 1 is 1.04 bits per heavy atom. The minimum absolute atomic E-state index is 0.157. The van der Waals surface area contributed by atoms with Crippen molar-refractivity contribution in [2.75, 3.05) is 40.0 Å². The van der Waals surface area contributed by atoms with Gasteiger partial charge in [-0.1, -0.05) is 12.1 Å². The maximum atomic E-state index is 13.4. The van der Waals surface area contributed by atoms with Crippen LogP contribution in [0, 0.1) is 11.8 Å². The molecule has 146 valence electrons. The van der Waals surface area contributed by atoms with Crippen molar-refractivity contribution in [3.8, 4) is 5.75 Å². The van der Waals surface area contributed by atoms with Crippen molar-refractivity contribution in [2.45, 2.75) is 43.7 Å².